The number of nitrogens with zero attached hydrogens (tertiary/aromatic N) is 3. The summed E-state index contributed by atoms with van der Waals surface area (Å²) in [5.74, 6) is -11.4. The number of anilines is 2. The lowest BCUT2D eigenvalue weighted by Crippen LogP contribution is -2.58. The summed E-state index contributed by atoms with van der Waals surface area (Å²) in [4.78, 5) is 153. The fraction of sp³-hybridized carbons (Fsp3) is 0.391. The number of hydrogen-bond donors (Lipinski definition) is 12. The molecule has 0 bridgehead atoms. The topological polar surface area (TPSA) is 422 Å². The first-order chi connectivity index (χ1) is 34.6. The van der Waals surface area contributed by atoms with Crippen LogP contribution in [0.25, 0.3) is 11.2 Å². The van der Waals surface area contributed by atoms with Gasteiger partial charge in [0.1, 0.15) is 24.2 Å². The molecule has 73 heavy (non-hydrogen) atoms. The van der Waals surface area contributed by atoms with Crippen molar-refractivity contribution in [3.05, 3.63) is 87.5 Å². The number of nitrogen functional groups attached to an aromatic ring is 1. The molecule has 0 saturated carbocycles. The molecule has 0 fully saturated rings. The minimum absolute atomic E-state index is 0.00295. The number of aromatic nitrogens is 4. The lowest BCUT2D eigenvalue weighted by molar-refractivity contribution is -0.146. The number of H-pyrrole nitrogens is 1. The molecule has 390 valence electrons. The molecule has 4 aromatic rings. The number of benzene rings is 2. The van der Waals surface area contributed by atoms with E-state index >= 15 is 0 Å². The maximum atomic E-state index is 13.4. The minimum Gasteiger partial charge on any atom is -0.481 e. The van der Waals surface area contributed by atoms with Crippen LogP contribution in [0, 0.1) is 6.92 Å². The van der Waals surface area contributed by atoms with Crippen molar-refractivity contribution in [1.29, 1.82) is 0 Å². The van der Waals surface area contributed by atoms with E-state index in [1.807, 2.05) is 12.2 Å². The highest BCUT2D eigenvalue weighted by molar-refractivity contribution is 5.99. The van der Waals surface area contributed by atoms with Crippen LogP contribution < -0.4 is 48.5 Å². The zero-order valence-electron chi connectivity index (χ0n) is 39.8. The van der Waals surface area contributed by atoms with E-state index < -0.39 is 108 Å². The Balaban J connectivity index is 1.29. The number of carbonyl (C=O) groups is 10. The quantitative estimate of drug-likeness (QED) is 0.0246. The smallest absolute Gasteiger partial charge is 0.328 e. The van der Waals surface area contributed by atoms with Gasteiger partial charge in [-0.25, -0.2) is 14.8 Å². The SMILES string of the molecule is COC(=O)[C@H](CCCCNC(=O)c1ccc(C)cc1)NC(=O)[C@H](CC(=O)O)NC(=O)[C@H](CC(=O)O)NC(=O)[C@H](CC(=O)O)NC(=O)CC[C@@H](C)NC(=O)c1ccc(NCc2cnc3nc(N)[nH]c(=O)c3n2)cc1. The van der Waals surface area contributed by atoms with Crippen molar-refractivity contribution in [2.24, 2.45) is 0 Å². The highest BCUT2D eigenvalue weighted by Gasteiger charge is 2.34. The van der Waals surface area contributed by atoms with Crippen LogP contribution in [0.4, 0.5) is 11.6 Å². The van der Waals surface area contributed by atoms with Crippen LogP contribution >= 0.6 is 0 Å². The first-order valence-electron chi connectivity index (χ1n) is 22.6. The van der Waals surface area contributed by atoms with Crippen molar-refractivity contribution in [2.75, 3.05) is 24.7 Å². The number of aryl methyl sites for hydroxylation is 1. The van der Waals surface area contributed by atoms with Gasteiger partial charge in [0.25, 0.3) is 17.4 Å². The van der Waals surface area contributed by atoms with Crippen molar-refractivity contribution >= 4 is 82.1 Å². The van der Waals surface area contributed by atoms with E-state index in [1.54, 1.807) is 43.3 Å². The molecular weight excluding hydrogens is 961 g/mol. The number of esters is 1. The average molecular weight is 1020 g/mol. The molecule has 4 rings (SSSR count). The van der Waals surface area contributed by atoms with Crippen LogP contribution in [0.5, 0.6) is 0 Å². The third kappa shape index (κ3) is 18.7. The Hall–Kier alpha value is -9.04. The van der Waals surface area contributed by atoms with Crippen LogP contribution in [-0.4, -0.2) is 138 Å². The number of hydrogen-bond acceptors (Lipinski definition) is 17. The van der Waals surface area contributed by atoms with Gasteiger partial charge in [0.05, 0.1) is 44.8 Å². The van der Waals surface area contributed by atoms with Crippen LogP contribution in [-0.2, 0) is 49.6 Å². The molecule has 13 N–H and O–H groups in total. The van der Waals surface area contributed by atoms with Gasteiger partial charge in [-0.2, -0.15) is 4.98 Å². The fourth-order valence-corrected chi connectivity index (χ4v) is 6.82. The van der Waals surface area contributed by atoms with Gasteiger partial charge in [-0.05, 0) is 75.9 Å². The average Bonchev–Trinajstić information content (AvgIpc) is 3.33. The number of aromatic amines is 1. The second-order valence-electron chi connectivity index (χ2n) is 16.6. The summed E-state index contributed by atoms with van der Waals surface area (Å²) in [6, 6.07) is 5.31. The zero-order valence-corrected chi connectivity index (χ0v) is 39.8. The summed E-state index contributed by atoms with van der Waals surface area (Å²) in [7, 11) is 1.04. The first kappa shape index (κ1) is 56.5. The van der Waals surface area contributed by atoms with E-state index in [2.05, 4.69) is 51.8 Å². The number of fused-ring (bicyclic) bond motifs is 1. The first-order valence-corrected chi connectivity index (χ1v) is 22.6. The molecule has 0 saturated heterocycles. The van der Waals surface area contributed by atoms with Crippen molar-refractivity contribution < 1.29 is 68.0 Å². The van der Waals surface area contributed by atoms with Gasteiger partial charge in [-0.15, -0.1) is 0 Å². The number of methoxy groups -OCH3 is 1. The number of carbonyl (C=O) groups excluding carboxylic acids is 7. The molecule has 6 amide bonds. The number of carboxylic acids is 3. The largest absolute Gasteiger partial charge is 0.481 e. The molecule has 2 aromatic heterocycles. The summed E-state index contributed by atoms with van der Waals surface area (Å²) in [6.07, 6.45) is -1.62. The second-order valence-corrected chi connectivity index (χ2v) is 16.6. The predicted octanol–water partition coefficient (Wildman–Crippen LogP) is -0.749. The van der Waals surface area contributed by atoms with Crippen LogP contribution in [0.3, 0.4) is 0 Å². The molecule has 27 nitrogen and oxygen atoms in total. The van der Waals surface area contributed by atoms with E-state index in [-0.39, 0.29) is 67.4 Å². The zero-order chi connectivity index (χ0) is 53.8. The normalized spacial score (nSPS) is 12.9. The van der Waals surface area contributed by atoms with E-state index in [1.165, 1.54) is 18.3 Å². The fourth-order valence-electron chi connectivity index (χ4n) is 6.82. The van der Waals surface area contributed by atoms with E-state index in [0.29, 0.717) is 23.4 Å². The van der Waals surface area contributed by atoms with Crippen molar-refractivity contribution in [3.63, 3.8) is 0 Å². The molecule has 0 aliphatic rings. The summed E-state index contributed by atoms with van der Waals surface area (Å²) in [5, 5.41) is 45.8. The lowest BCUT2D eigenvalue weighted by Gasteiger charge is -2.25. The number of carboxylic acid groups (broad SMARTS) is 3. The van der Waals surface area contributed by atoms with Gasteiger partial charge < -0.3 is 63.0 Å². The third-order valence-electron chi connectivity index (χ3n) is 10.7. The Morgan fingerprint density at radius 1 is 0.685 bits per heavy atom. The van der Waals surface area contributed by atoms with Gasteiger partial charge in [0.2, 0.25) is 29.6 Å². The number of aliphatic carboxylic acids is 3. The molecule has 0 radical (unpaired) electrons. The lowest BCUT2D eigenvalue weighted by atomic mass is 10.1. The summed E-state index contributed by atoms with van der Waals surface area (Å²) in [6.45, 7) is 3.83. The molecule has 0 unspecified atom stereocenters. The Labute approximate surface area is 415 Å². The molecule has 0 aliphatic carbocycles. The molecular formula is C46H56N12O15. The molecule has 0 spiro atoms. The van der Waals surface area contributed by atoms with E-state index in [9.17, 15) is 68.1 Å². The van der Waals surface area contributed by atoms with Gasteiger partial charge in [0.15, 0.2) is 11.2 Å². The summed E-state index contributed by atoms with van der Waals surface area (Å²) < 4.78 is 4.77. The monoisotopic (exact) mass is 1020 g/mol. The number of amides is 6. The summed E-state index contributed by atoms with van der Waals surface area (Å²) in [5.41, 5.74) is 7.77. The Morgan fingerprint density at radius 2 is 1.22 bits per heavy atom. The molecule has 0 aliphatic heterocycles. The molecule has 5 atom stereocenters. The number of rotatable bonds is 28. The van der Waals surface area contributed by atoms with Gasteiger partial charge in [-0.3, -0.25) is 52.9 Å². The number of nitrogens with one attached hydrogen (secondary N) is 8. The Kier molecular flexibility index (Phi) is 21.2. The Bertz CT molecular complexity index is 2730. The van der Waals surface area contributed by atoms with Crippen LogP contribution in [0.15, 0.2) is 59.5 Å². The highest BCUT2D eigenvalue weighted by atomic mass is 16.5. The minimum atomic E-state index is -2.04. The predicted molar refractivity (Wildman–Crippen MR) is 256 cm³/mol. The van der Waals surface area contributed by atoms with Crippen molar-refractivity contribution in [3.8, 4) is 0 Å². The maximum absolute atomic E-state index is 13.4. The van der Waals surface area contributed by atoms with E-state index in [0.717, 1.165) is 12.7 Å². The van der Waals surface area contributed by atoms with Gasteiger partial charge in [0, 0.05) is 35.8 Å². The Morgan fingerprint density at radius 3 is 1.78 bits per heavy atom. The van der Waals surface area contributed by atoms with Gasteiger partial charge >= 0.3 is 23.9 Å². The molecule has 2 heterocycles. The summed E-state index contributed by atoms with van der Waals surface area (Å²) >= 11 is 0. The highest BCUT2D eigenvalue weighted by Crippen LogP contribution is 2.13. The maximum Gasteiger partial charge on any atom is 0.328 e. The standard InChI is InChI=1S/C46H56N12O15/c1-23-7-10-25(11-8-23)39(66)48-17-5-4-6-29(45(72)73-3)54-42(69)31(19-35(62)63)56-43(70)32(20-36(64)65)55-41(68)30(18-34(60)61)53-33(59)16-9-24(2)51-40(67)26-12-14-27(15-13-26)49-21-28-22-50-38-37(52-28)44(71)58-46(47)57-38/h7-8,10-15,22,24,29-32,49H,4-6,9,16-21H2,1-3H3,(H,48,66)(H,51,67)(H,53,59)(H,54,69)(H,55,68)(H,56,70)(H,60,61)(H,62,63)(H,64,65)(H3,47,50,57,58,71)/t24-,29+,30+,31+,32+/m1/s1. The number of nitrogens with two attached hydrogens (primary N) is 1. The van der Waals surface area contributed by atoms with Crippen molar-refractivity contribution in [1.82, 2.24) is 51.8 Å². The number of ether oxygens (including phenoxy) is 1. The molecule has 27 heteroatoms. The third-order valence-corrected chi connectivity index (χ3v) is 10.7. The van der Waals surface area contributed by atoms with Crippen LogP contribution in [0.1, 0.15) is 90.3 Å². The van der Waals surface area contributed by atoms with E-state index in [4.69, 9.17) is 10.5 Å². The second kappa shape index (κ2) is 27.4. The molecule has 2 aromatic carbocycles. The number of unbranched alkanes of at least 4 members (excludes halogenated alkanes) is 1. The van der Waals surface area contributed by atoms with Crippen LogP contribution in [0.2, 0.25) is 0 Å². The van der Waals surface area contributed by atoms with Gasteiger partial charge in [-0.1, -0.05) is 17.7 Å². The van der Waals surface area contributed by atoms with Crippen molar-refractivity contribution in [2.45, 2.75) is 102 Å².